The van der Waals surface area contributed by atoms with Crippen LogP contribution in [0.25, 0.3) is 11.2 Å². The fourth-order valence-electron chi connectivity index (χ4n) is 2.37. The van der Waals surface area contributed by atoms with Gasteiger partial charge in [0.1, 0.15) is 0 Å². The molecule has 0 spiro atoms. The average molecular weight is 300 g/mol. The molecule has 2 aromatic heterocycles. The van der Waals surface area contributed by atoms with Crippen LogP contribution in [-0.4, -0.2) is 19.1 Å². The molecule has 0 saturated heterocycles. The van der Waals surface area contributed by atoms with Gasteiger partial charge in [0.2, 0.25) is 5.95 Å². The molecule has 0 aliphatic carbocycles. The molecule has 22 heavy (non-hydrogen) atoms. The number of benzene rings is 1. The number of rotatable bonds is 3. The van der Waals surface area contributed by atoms with Gasteiger partial charge in [-0.3, -0.25) is 24.3 Å². The number of aryl methyl sites for hydroxylation is 2. The lowest BCUT2D eigenvalue weighted by atomic mass is 10.1. The van der Waals surface area contributed by atoms with Gasteiger partial charge in [0.25, 0.3) is 5.56 Å². The molecule has 2 heterocycles. The number of hydrogen-bond donors (Lipinski definition) is 3. The largest absolute Gasteiger partial charge is 0.329 e. The van der Waals surface area contributed by atoms with Gasteiger partial charge < -0.3 is 0 Å². The molecular weight excluding hydrogens is 284 g/mol. The van der Waals surface area contributed by atoms with Crippen LogP contribution in [0.2, 0.25) is 0 Å². The van der Waals surface area contributed by atoms with Gasteiger partial charge in [0, 0.05) is 7.05 Å². The summed E-state index contributed by atoms with van der Waals surface area (Å²) >= 11 is 0. The Morgan fingerprint density at radius 3 is 2.59 bits per heavy atom. The molecular formula is C14H16N6O2. The van der Waals surface area contributed by atoms with Gasteiger partial charge in [0.15, 0.2) is 11.2 Å². The highest BCUT2D eigenvalue weighted by molar-refractivity contribution is 5.74. The summed E-state index contributed by atoms with van der Waals surface area (Å²) in [4.78, 5) is 30.3. The maximum absolute atomic E-state index is 12.1. The van der Waals surface area contributed by atoms with Gasteiger partial charge in [-0.1, -0.05) is 29.8 Å². The Kier molecular flexibility index (Phi) is 3.30. The molecule has 0 unspecified atom stereocenters. The fraction of sp³-hybridized carbons (Fsp3) is 0.214. The van der Waals surface area contributed by atoms with Crippen LogP contribution >= 0.6 is 0 Å². The zero-order chi connectivity index (χ0) is 15.9. The summed E-state index contributed by atoms with van der Waals surface area (Å²) in [6.07, 6.45) is 0. The summed E-state index contributed by atoms with van der Waals surface area (Å²) in [7, 11) is 1.55. The number of hydrazine groups is 1. The minimum absolute atomic E-state index is 0.286. The molecule has 114 valence electrons. The lowest BCUT2D eigenvalue weighted by Gasteiger charge is -2.08. The smallest absolute Gasteiger partial charge is 0.299 e. The van der Waals surface area contributed by atoms with Crippen molar-refractivity contribution in [2.24, 2.45) is 12.9 Å². The number of imidazole rings is 1. The Hall–Kier alpha value is -2.87. The maximum Gasteiger partial charge on any atom is 0.329 e. The summed E-state index contributed by atoms with van der Waals surface area (Å²) in [5, 5.41) is 0. The predicted molar refractivity (Wildman–Crippen MR) is 83.7 cm³/mol. The number of anilines is 1. The van der Waals surface area contributed by atoms with E-state index in [1.807, 2.05) is 31.2 Å². The number of nitrogens with one attached hydrogen (secondary N) is 2. The van der Waals surface area contributed by atoms with E-state index in [1.165, 1.54) is 4.57 Å². The number of nitrogens with two attached hydrogens (primary N) is 1. The minimum atomic E-state index is -0.513. The van der Waals surface area contributed by atoms with Crippen molar-refractivity contribution in [3.63, 3.8) is 0 Å². The highest BCUT2D eigenvalue weighted by Gasteiger charge is 2.16. The molecule has 0 amide bonds. The minimum Gasteiger partial charge on any atom is -0.299 e. The molecule has 0 bridgehead atoms. The van der Waals surface area contributed by atoms with Gasteiger partial charge in [0.05, 0.1) is 6.54 Å². The number of nitrogen functional groups attached to an aromatic ring is 1. The Labute approximate surface area is 125 Å². The molecule has 1 aromatic carbocycles. The van der Waals surface area contributed by atoms with Crippen LogP contribution in [0.1, 0.15) is 11.1 Å². The highest BCUT2D eigenvalue weighted by Crippen LogP contribution is 2.17. The van der Waals surface area contributed by atoms with Crippen LogP contribution in [0, 0.1) is 6.92 Å². The molecule has 0 aliphatic heterocycles. The zero-order valence-electron chi connectivity index (χ0n) is 12.3. The number of nitrogens with zero attached hydrogens (tertiary/aromatic N) is 3. The third-order valence-electron chi connectivity index (χ3n) is 3.60. The monoisotopic (exact) mass is 300 g/mol. The van der Waals surface area contributed by atoms with Gasteiger partial charge in [-0.25, -0.2) is 10.6 Å². The second kappa shape index (κ2) is 5.15. The summed E-state index contributed by atoms with van der Waals surface area (Å²) < 4.78 is 2.93. The normalized spacial score (nSPS) is 11.0. The lowest BCUT2D eigenvalue weighted by Crippen LogP contribution is -2.29. The molecule has 0 atom stereocenters. The van der Waals surface area contributed by atoms with Crippen molar-refractivity contribution >= 4 is 17.1 Å². The lowest BCUT2D eigenvalue weighted by molar-refractivity contribution is 0.808. The first-order valence-electron chi connectivity index (χ1n) is 6.73. The van der Waals surface area contributed by atoms with Crippen LogP contribution in [0.4, 0.5) is 5.95 Å². The Morgan fingerprint density at radius 2 is 1.95 bits per heavy atom. The van der Waals surface area contributed by atoms with E-state index in [0.29, 0.717) is 18.0 Å². The number of aromatic amines is 1. The fourth-order valence-corrected chi connectivity index (χ4v) is 2.37. The number of fused-ring (bicyclic) bond motifs is 1. The van der Waals surface area contributed by atoms with Crippen molar-refractivity contribution in [3.05, 3.63) is 56.2 Å². The quantitative estimate of drug-likeness (QED) is 0.468. The highest BCUT2D eigenvalue weighted by atomic mass is 16.2. The molecule has 3 aromatic rings. The zero-order valence-corrected chi connectivity index (χ0v) is 12.3. The number of H-pyrrole nitrogens is 1. The van der Waals surface area contributed by atoms with Crippen molar-refractivity contribution in [1.82, 2.24) is 19.1 Å². The van der Waals surface area contributed by atoms with Crippen LogP contribution in [0.5, 0.6) is 0 Å². The number of aromatic nitrogens is 4. The van der Waals surface area contributed by atoms with E-state index in [2.05, 4.69) is 15.4 Å². The van der Waals surface area contributed by atoms with Gasteiger partial charge in [-0.15, -0.1) is 0 Å². The van der Waals surface area contributed by atoms with E-state index in [4.69, 9.17) is 5.84 Å². The van der Waals surface area contributed by atoms with E-state index in [-0.39, 0.29) is 5.65 Å². The molecule has 0 aliphatic rings. The number of hydrogen-bond acceptors (Lipinski definition) is 5. The Morgan fingerprint density at radius 1 is 1.27 bits per heavy atom. The third kappa shape index (κ3) is 2.19. The molecule has 0 saturated carbocycles. The van der Waals surface area contributed by atoms with Gasteiger partial charge >= 0.3 is 5.69 Å². The first-order valence-corrected chi connectivity index (χ1v) is 6.73. The van der Waals surface area contributed by atoms with E-state index in [0.717, 1.165) is 11.1 Å². The van der Waals surface area contributed by atoms with Gasteiger partial charge in [-0.05, 0) is 12.5 Å². The van der Waals surface area contributed by atoms with E-state index < -0.39 is 11.2 Å². The molecule has 3 rings (SSSR count). The molecule has 8 heteroatoms. The van der Waals surface area contributed by atoms with Crippen LogP contribution in [0.3, 0.4) is 0 Å². The summed E-state index contributed by atoms with van der Waals surface area (Å²) in [6, 6.07) is 7.92. The van der Waals surface area contributed by atoms with Crippen LogP contribution in [0.15, 0.2) is 33.9 Å². The van der Waals surface area contributed by atoms with Crippen molar-refractivity contribution < 1.29 is 0 Å². The predicted octanol–water partition coefficient (Wildman–Crippen LogP) is 0.0656. The maximum atomic E-state index is 12.1. The van der Waals surface area contributed by atoms with Crippen LogP contribution in [-0.2, 0) is 13.6 Å². The molecule has 4 N–H and O–H groups in total. The second-order valence-corrected chi connectivity index (χ2v) is 5.14. The second-order valence-electron chi connectivity index (χ2n) is 5.14. The van der Waals surface area contributed by atoms with E-state index >= 15 is 0 Å². The van der Waals surface area contributed by atoms with Crippen molar-refractivity contribution in [2.45, 2.75) is 13.5 Å². The van der Waals surface area contributed by atoms with E-state index in [1.54, 1.807) is 11.6 Å². The summed E-state index contributed by atoms with van der Waals surface area (Å²) in [5.41, 5.74) is 4.21. The topological polar surface area (TPSA) is 111 Å². The standard InChI is InChI=1S/C14H16N6O2/c1-8-3-5-9(6-4-8)7-20-10-11(16-13(20)18-15)19(2)14(22)17-12(10)21/h3-6H,7,15H2,1-2H3,(H,16,18)(H,17,21,22). The SMILES string of the molecule is Cc1ccc(Cn2c(NN)nc3c2c(=O)[nH]c(=O)n3C)cc1. The Bertz CT molecular complexity index is 948. The third-order valence-corrected chi connectivity index (χ3v) is 3.60. The van der Waals surface area contributed by atoms with E-state index in [9.17, 15) is 9.59 Å². The van der Waals surface area contributed by atoms with Crippen LogP contribution < -0.4 is 22.5 Å². The van der Waals surface area contributed by atoms with Crippen molar-refractivity contribution in [1.29, 1.82) is 0 Å². The molecule has 8 nitrogen and oxygen atoms in total. The summed E-state index contributed by atoms with van der Waals surface area (Å²) in [6.45, 7) is 2.42. The van der Waals surface area contributed by atoms with Crippen molar-refractivity contribution in [2.75, 3.05) is 5.43 Å². The van der Waals surface area contributed by atoms with Crippen molar-refractivity contribution in [3.8, 4) is 0 Å². The summed E-state index contributed by atoms with van der Waals surface area (Å²) in [5.74, 6) is 5.82. The molecule has 0 radical (unpaired) electrons. The average Bonchev–Trinajstić information content (AvgIpc) is 2.86. The first kappa shape index (κ1) is 14.1. The Balaban J connectivity index is 2.24. The van der Waals surface area contributed by atoms with Gasteiger partial charge in [-0.2, -0.15) is 4.98 Å². The molecule has 0 fully saturated rings. The first-order chi connectivity index (χ1) is 10.5.